The molecule has 1 amide bonds. The van der Waals surface area contributed by atoms with Gasteiger partial charge in [-0.3, -0.25) is 4.79 Å². The van der Waals surface area contributed by atoms with Crippen LogP contribution < -0.4 is 9.80 Å². The van der Waals surface area contributed by atoms with Gasteiger partial charge in [0.05, 0.1) is 12.4 Å². The van der Waals surface area contributed by atoms with Crippen LogP contribution in [0.25, 0.3) is 0 Å². The highest BCUT2D eigenvalue weighted by Crippen LogP contribution is 2.36. The first-order chi connectivity index (χ1) is 14.7. The van der Waals surface area contributed by atoms with Gasteiger partial charge in [-0.1, -0.05) is 36.4 Å². The molecule has 1 unspecified atom stereocenters. The third kappa shape index (κ3) is 3.38. The zero-order valence-electron chi connectivity index (χ0n) is 17.1. The van der Waals surface area contributed by atoms with Gasteiger partial charge in [0.1, 0.15) is 5.69 Å². The van der Waals surface area contributed by atoms with Crippen molar-refractivity contribution in [2.75, 3.05) is 36.0 Å². The van der Waals surface area contributed by atoms with E-state index in [1.807, 2.05) is 29.2 Å². The maximum atomic E-state index is 12.9. The van der Waals surface area contributed by atoms with Crippen LogP contribution in [0.1, 0.15) is 23.0 Å². The van der Waals surface area contributed by atoms with Gasteiger partial charge < -0.3 is 14.7 Å². The van der Waals surface area contributed by atoms with Crippen LogP contribution in [0.5, 0.6) is 0 Å². The number of benzene rings is 2. The van der Waals surface area contributed by atoms with Crippen molar-refractivity contribution in [3.8, 4) is 0 Å². The molecule has 0 N–H and O–H groups in total. The molecule has 0 bridgehead atoms. The number of piperazine rings is 1. The summed E-state index contributed by atoms with van der Waals surface area (Å²) in [6.07, 6.45) is 4.34. The number of amides is 1. The molecule has 6 heteroatoms. The first-order valence-corrected chi connectivity index (χ1v) is 10.5. The molecule has 0 spiro atoms. The molecule has 3 aromatic rings. The lowest BCUT2D eigenvalue weighted by atomic mass is 10.1. The van der Waals surface area contributed by atoms with Crippen molar-refractivity contribution in [1.82, 2.24) is 14.9 Å². The van der Waals surface area contributed by atoms with Gasteiger partial charge in [-0.2, -0.15) is 0 Å². The molecule has 3 heterocycles. The van der Waals surface area contributed by atoms with E-state index in [9.17, 15) is 4.79 Å². The smallest absolute Gasteiger partial charge is 0.274 e. The molecular weight excluding hydrogens is 374 g/mol. The largest absolute Gasteiger partial charge is 0.368 e. The van der Waals surface area contributed by atoms with Crippen molar-refractivity contribution in [1.29, 1.82) is 0 Å². The van der Waals surface area contributed by atoms with E-state index < -0.39 is 0 Å². The second-order valence-corrected chi connectivity index (χ2v) is 7.93. The van der Waals surface area contributed by atoms with Crippen molar-refractivity contribution in [3.05, 3.63) is 78.2 Å². The summed E-state index contributed by atoms with van der Waals surface area (Å²) in [6, 6.07) is 19.0. The Morgan fingerprint density at radius 2 is 1.63 bits per heavy atom. The number of hydrogen-bond acceptors (Lipinski definition) is 5. The second kappa shape index (κ2) is 7.78. The summed E-state index contributed by atoms with van der Waals surface area (Å²) in [6.45, 7) is 5.21. The minimum atomic E-state index is -0.0448. The van der Waals surface area contributed by atoms with Crippen LogP contribution in [0.2, 0.25) is 0 Å². The van der Waals surface area contributed by atoms with Crippen LogP contribution in [0.15, 0.2) is 67.0 Å². The van der Waals surface area contributed by atoms with E-state index in [2.05, 4.69) is 57.0 Å². The zero-order valence-corrected chi connectivity index (χ0v) is 17.1. The average molecular weight is 399 g/mol. The van der Waals surface area contributed by atoms with Gasteiger partial charge in [0.2, 0.25) is 0 Å². The molecule has 1 saturated heterocycles. The number of hydrogen-bond donors (Lipinski definition) is 0. The minimum absolute atomic E-state index is 0.0448. The Kier molecular flexibility index (Phi) is 4.83. The van der Waals surface area contributed by atoms with E-state index >= 15 is 0 Å². The van der Waals surface area contributed by atoms with Crippen molar-refractivity contribution in [3.63, 3.8) is 0 Å². The molecule has 2 aromatic carbocycles. The third-order valence-electron chi connectivity index (χ3n) is 6.00. The summed E-state index contributed by atoms with van der Waals surface area (Å²) in [4.78, 5) is 28.4. The Morgan fingerprint density at radius 3 is 2.37 bits per heavy atom. The molecule has 2 aliphatic rings. The minimum Gasteiger partial charge on any atom is -0.368 e. The van der Waals surface area contributed by atoms with Crippen LogP contribution in [-0.4, -0.2) is 53.0 Å². The molecule has 2 aliphatic heterocycles. The van der Waals surface area contributed by atoms with Crippen molar-refractivity contribution in [2.24, 2.45) is 0 Å². The van der Waals surface area contributed by atoms with Gasteiger partial charge in [-0.25, -0.2) is 9.97 Å². The third-order valence-corrected chi connectivity index (χ3v) is 6.00. The second-order valence-electron chi connectivity index (χ2n) is 7.93. The quantitative estimate of drug-likeness (QED) is 0.675. The highest BCUT2D eigenvalue weighted by atomic mass is 16.2. The number of nitrogens with zero attached hydrogens (tertiary/aromatic N) is 5. The summed E-state index contributed by atoms with van der Waals surface area (Å²) in [5.74, 6) is 0.745. The van der Waals surface area contributed by atoms with E-state index in [0.717, 1.165) is 25.3 Å². The molecule has 0 radical (unpaired) electrons. The van der Waals surface area contributed by atoms with Gasteiger partial charge in [-0.05, 0) is 37.1 Å². The van der Waals surface area contributed by atoms with E-state index in [1.54, 1.807) is 12.4 Å². The Hall–Kier alpha value is -3.41. The summed E-state index contributed by atoms with van der Waals surface area (Å²) in [5, 5.41) is 0. The van der Waals surface area contributed by atoms with Gasteiger partial charge in [0.15, 0.2) is 5.82 Å². The monoisotopic (exact) mass is 399 g/mol. The molecule has 5 rings (SSSR count). The standard InChI is InChI=1S/C24H25N5O/c1-18-15-19-7-5-6-10-22(19)29(18)23-17-25-21(16-26-23)24(30)28-13-11-27(12-14-28)20-8-3-2-4-9-20/h2-10,16-18H,11-15H2,1H3. The molecule has 1 aromatic heterocycles. The summed E-state index contributed by atoms with van der Waals surface area (Å²) >= 11 is 0. The summed E-state index contributed by atoms with van der Waals surface area (Å²) < 4.78 is 0. The molecule has 0 aliphatic carbocycles. The fourth-order valence-electron chi connectivity index (χ4n) is 4.44. The molecule has 1 fully saturated rings. The fraction of sp³-hybridized carbons (Fsp3) is 0.292. The number of anilines is 3. The highest BCUT2D eigenvalue weighted by molar-refractivity contribution is 5.92. The number of para-hydroxylation sites is 2. The van der Waals surface area contributed by atoms with E-state index in [-0.39, 0.29) is 5.91 Å². The number of aromatic nitrogens is 2. The first-order valence-electron chi connectivity index (χ1n) is 10.5. The van der Waals surface area contributed by atoms with Crippen molar-refractivity contribution >= 4 is 23.1 Å². The van der Waals surface area contributed by atoms with Gasteiger partial charge in [0.25, 0.3) is 5.91 Å². The number of carbonyl (C=O) groups is 1. The van der Waals surface area contributed by atoms with Crippen LogP contribution in [0, 0.1) is 0 Å². The number of carbonyl (C=O) groups excluding carboxylic acids is 1. The van der Waals surface area contributed by atoms with E-state index in [0.29, 0.717) is 24.8 Å². The van der Waals surface area contributed by atoms with Crippen molar-refractivity contribution in [2.45, 2.75) is 19.4 Å². The maximum Gasteiger partial charge on any atom is 0.274 e. The SMILES string of the molecule is CC1Cc2ccccc2N1c1cnc(C(=O)N2CCN(c3ccccc3)CC2)cn1. The number of fused-ring (bicyclic) bond motifs is 1. The van der Waals surface area contributed by atoms with Crippen LogP contribution in [0.4, 0.5) is 17.2 Å². The van der Waals surface area contributed by atoms with Crippen LogP contribution in [0.3, 0.4) is 0 Å². The lowest BCUT2D eigenvalue weighted by Gasteiger charge is -2.36. The van der Waals surface area contributed by atoms with E-state index in [1.165, 1.54) is 16.9 Å². The molecule has 152 valence electrons. The number of rotatable bonds is 3. The summed E-state index contributed by atoms with van der Waals surface area (Å²) in [5.41, 5.74) is 4.11. The van der Waals surface area contributed by atoms with Gasteiger partial charge >= 0.3 is 0 Å². The lowest BCUT2D eigenvalue weighted by molar-refractivity contribution is 0.0740. The maximum absolute atomic E-state index is 12.9. The lowest BCUT2D eigenvalue weighted by Crippen LogP contribution is -2.49. The average Bonchev–Trinajstić information content (AvgIpc) is 3.15. The van der Waals surface area contributed by atoms with Crippen LogP contribution in [-0.2, 0) is 6.42 Å². The van der Waals surface area contributed by atoms with Gasteiger partial charge in [-0.15, -0.1) is 0 Å². The zero-order chi connectivity index (χ0) is 20.5. The molecule has 6 nitrogen and oxygen atoms in total. The summed E-state index contributed by atoms with van der Waals surface area (Å²) in [7, 11) is 0. The Morgan fingerprint density at radius 1 is 0.900 bits per heavy atom. The topological polar surface area (TPSA) is 52.6 Å². The predicted molar refractivity (Wildman–Crippen MR) is 118 cm³/mol. The molecule has 0 saturated carbocycles. The van der Waals surface area contributed by atoms with Crippen LogP contribution >= 0.6 is 0 Å². The van der Waals surface area contributed by atoms with Gasteiger partial charge in [0, 0.05) is 43.6 Å². The molecule has 1 atom stereocenters. The van der Waals surface area contributed by atoms with E-state index in [4.69, 9.17) is 0 Å². The fourth-order valence-corrected chi connectivity index (χ4v) is 4.44. The predicted octanol–water partition coefficient (Wildman–Crippen LogP) is 3.52. The van der Waals surface area contributed by atoms with Crippen molar-refractivity contribution < 1.29 is 4.79 Å². The Balaban J connectivity index is 1.27. The normalized spacial score (nSPS) is 18.4. The molecule has 30 heavy (non-hydrogen) atoms. The first kappa shape index (κ1) is 18.6. The Labute approximate surface area is 176 Å². The Bertz CT molecular complexity index is 1030. The molecular formula is C24H25N5O. The highest BCUT2D eigenvalue weighted by Gasteiger charge is 2.28.